The number of carbonyl (C=O) groups excluding carboxylic acids is 2. The molecule has 0 aliphatic heterocycles. The number of hydrogen-bond donors (Lipinski definition) is 7. The van der Waals surface area contributed by atoms with E-state index in [0.29, 0.717) is 0 Å². The molecule has 0 amide bonds. The number of hydrogen-bond acceptors (Lipinski definition) is 10. The van der Waals surface area contributed by atoms with Gasteiger partial charge >= 0.3 is 0 Å². The van der Waals surface area contributed by atoms with Crippen LogP contribution >= 0.6 is 11.6 Å². The number of halogens is 1. The van der Waals surface area contributed by atoms with Crippen LogP contribution < -0.4 is 5.73 Å². The maximum Gasteiger partial charge on any atom is 0.209 e. The average molecular weight is 478 g/mol. The summed E-state index contributed by atoms with van der Waals surface area (Å²) in [6.07, 6.45) is -0.199. The zero-order chi connectivity index (χ0) is 24.8. The number of fused-ring (bicyclic) bond motifs is 3. The van der Waals surface area contributed by atoms with Gasteiger partial charge in [0.15, 0.2) is 17.3 Å². The van der Waals surface area contributed by atoms with Crippen molar-refractivity contribution in [3.8, 4) is 5.75 Å². The minimum absolute atomic E-state index is 0.0312. The first-order chi connectivity index (χ1) is 15.2. The van der Waals surface area contributed by atoms with Gasteiger partial charge < -0.3 is 36.7 Å². The second-order valence-electron chi connectivity index (χ2n) is 9.12. The van der Waals surface area contributed by atoms with Crippen LogP contribution in [-0.2, 0) is 15.2 Å². The Kier molecular flexibility index (Phi) is 4.96. The largest absolute Gasteiger partial charge is 0.507 e. The van der Waals surface area contributed by atoms with Gasteiger partial charge in [0.2, 0.25) is 5.78 Å². The zero-order valence-corrected chi connectivity index (χ0v) is 18.8. The molecule has 2 saturated carbocycles. The zero-order valence-electron chi connectivity index (χ0n) is 18.0. The number of ketones is 2. The number of nitrogens with one attached hydrogen (secondary N) is 1. The highest BCUT2D eigenvalue weighted by Crippen LogP contribution is 2.57. The Morgan fingerprint density at radius 3 is 2.39 bits per heavy atom. The van der Waals surface area contributed by atoms with Crippen molar-refractivity contribution >= 4 is 34.6 Å². The lowest BCUT2D eigenvalue weighted by Gasteiger charge is -2.54. The number of aliphatic hydroxyl groups is 4. The molecule has 0 heterocycles. The Hall–Kier alpha value is -2.92. The number of benzene rings is 1. The Labute approximate surface area is 193 Å². The standard InChI is InChI=1S/C22H24ClN3O7/c1-21(32)7-6-8-15(26(2)3)17(29)13(20(25)31)19(30)22(8,33)18(24)11(7)16(28)12-10(27)5-4-9(23)14(12)21/h4-5,7-8,15,24,27-28,31-33H,6,25H2,1-3H3/b20-13-,24-18?/t7-,8-,15-,21-,22-/m0/s1. The molecule has 0 bridgehead atoms. The van der Waals surface area contributed by atoms with Gasteiger partial charge in [-0.3, -0.25) is 14.5 Å². The number of nitrogens with two attached hydrogens (primary N) is 1. The summed E-state index contributed by atoms with van der Waals surface area (Å²) in [5.41, 5.74) is -1.12. The third-order valence-corrected chi connectivity index (χ3v) is 7.43. The molecule has 4 rings (SSSR count). The van der Waals surface area contributed by atoms with E-state index >= 15 is 0 Å². The van der Waals surface area contributed by atoms with E-state index in [-0.39, 0.29) is 28.1 Å². The van der Waals surface area contributed by atoms with Gasteiger partial charge in [-0.25, -0.2) is 0 Å². The Bertz CT molecular complexity index is 1200. The van der Waals surface area contributed by atoms with E-state index in [0.717, 1.165) is 0 Å². The van der Waals surface area contributed by atoms with Crippen molar-refractivity contribution in [1.29, 1.82) is 5.41 Å². The Balaban J connectivity index is 2.05. The second-order valence-corrected chi connectivity index (χ2v) is 9.53. The number of phenolic OH excluding ortho intramolecular Hbond substituents is 1. The summed E-state index contributed by atoms with van der Waals surface area (Å²) in [5, 5.41) is 63.3. The van der Waals surface area contributed by atoms with E-state index in [1.54, 1.807) is 0 Å². The van der Waals surface area contributed by atoms with Crippen LogP contribution in [0, 0.1) is 17.2 Å². The van der Waals surface area contributed by atoms with Crippen LogP contribution in [0.4, 0.5) is 0 Å². The summed E-state index contributed by atoms with van der Waals surface area (Å²) in [6, 6.07) is 1.39. The maximum atomic E-state index is 13.3. The third kappa shape index (κ3) is 2.75. The normalized spacial score (nSPS) is 35.4. The lowest BCUT2D eigenvalue weighted by molar-refractivity contribution is -0.148. The molecule has 5 atom stereocenters. The molecule has 1 aromatic rings. The van der Waals surface area contributed by atoms with Gasteiger partial charge in [-0.05, 0) is 39.6 Å². The molecular formula is C22H24ClN3O7. The van der Waals surface area contributed by atoms with E-state index in [9.17, 15) is 35.1 Å². The van der Waals surface area contributed by atoms with Gasteiger partial charge in [-0.15, -0.1) is 0 Å². The molecule has 0 spiro atoms. The van der Waals surface area contributed by atoms with Crippen LogP contribution in [0.2, 0.25) is 5.02 Å². The fraction of sp³-hybridized carbons (Fsp3) is 0.409. The number of carbonyl (C=O) groups is 2. The number of rotatable bonds is 1. The van der Waals surface area contributed by atoms with Crippen molar-refractivity contribution in [3.63, 3.8) is 0 Å². The molecule has 10 nitrogen and oxygen atoms in total. The Morgan fingerprint density at radius 1 is 1.24 bits per heavy atom. The SMILES string of the molecule is CN(C)[C@@H]1C(=O)/C(=C(\N)O)C(=O)[C@@]2(O)C(=N)C3=C(O)c4c(O)ccc(Cl)c4[C@@](C)(O)[C@H]3C[C@@H]12. The molecule has 176 valence electrons. The van der Waals surface area contributed by atoms with Crippen LogP contribution in [-0.4, -0.2) is 73.4 Å². The van der Waals surface area contributed by atoms with Gasteiger partial charge in [0, 0.05) is 28.0 Å². The smallest absolute Gasteiger partial charge is 0.209 e. The highest BCUT2D eigenvalue weighted by atomic mass is 35.5. The van der Waals surface area contributed by atoms with E-state index in [1.165, 1.54) is 38.1 Å². The van der Waals surface area contributed by atoms with Crippen molar-refractivity contribution in [1.82, 2.24) is 4.90 Å². The van der Waals surface area contributed by atoms with Gasteiger partial charge in [-0.2, -0.15) is 0 Å². The van der Waals surface area contributed by atoms with Crippen LogP contribution in [0.3, 0.4) is 0 Å². The summed E-state index contributed by atoms with van der Waals surface area (Å²) < 4.78 is 0. The molecule has 0 unspecified atom stereocenters. The molecule has 3 aliphatic rings. The van der Waals surface area contributed by atoms with Gasteiger partial charge in [-0.1, -0.05) is 11.6 Å². The fourth-order valence-electron chi connectivity index (χ4n) is 5.62. The monoisotopic (exact) mass is 477 g/mol. The highest BCUT2D eigenvalue weighted by molar-refractivity contribution is 6.36. The van der Waals surface area contributed by atoms with Crippen LogP contribution in [0.15, 0.2) is 29.2 Å². The van der Waals surface area contributed by atoms with Crippen molar-refractivity contribution in [2.24, 2.45) is 17.6 Å². The number of phenols is 1. The molecule has 33 heavy (non-hydrogen) atoms. The molecule has 1 aromatic carbocycles. The summed E-state index contributed by atoms with van der Waals surface area (Å²) in [7, 11) is 3.05. The second kappa shape index (κ2) is 7.04. The van der Waals surface area contributed by atoms with Crippen molar-refractivity contribution in [2.75, 3.05) is 14.1 Å². The highest BCUT2D eigenvalue weighted by Gasteiger charge is 2.66. The number of aromatic hydroxyl groups is 1. The summed E-state index contributed by atoms with van der Waals surface area (Å²) >= 11 is 6.30. The van der Waals surface area contributed by atoms with Gasteiger partial charge in [0.05, 0.1) is 22.9 Å². The number of Topliss-reactive ketones (excluding diaryl/α,β-unsaturated/α-hetero) is 2. The van der Waals surface area contributed by atoms with Gasteiger partial charge in [0.1, 0.15) is 17.1 Å². The predicted molar refractivity (Wildman–Crippen MR) is 118 cm³/mol. The lowest BCUT2D eigenvalue weighted by atomic mass is 9.53. The maximum absolute atomic E-state index is 13.3. The number of likely N-dealkylation sites (N-methyl/N-ethyl adjacent to an activating group) is 1. The van der Waals surface area contributed by atoms with Crippen molar-refractivity contribution in [3.05, 3.63) is 45.3 Å². The van der Waals surface area contributed by atoms with Crippen LogP contribution in [0.25, 0.3) is 5.76 Å². The number of aliphatic hydroxyl groups excluding tert-OH is 2. The molecule has 0 radical (unpaired) electrons. The molecule has 11 heteroatoms. The Morgan fingerprint density at radius 2 is 1.85 bits per heavy atom. The first kappa shape index (κ1) is 23.2. The van der Waals surface area contributed by atoms with E-state index in [4.69, 9.17) is 22.7 Å². The van der Waals surface area contributed by atoms with Crippen LogP contribution in [0.5, 0.6) is 5.75 Å². The topological polar surface area (TPSA) is 188 Å². The van der Waals surface area contributed by atoms with E-state index < -0.39 is 69.3 Å². The minimum atomic E-state index is -2.63. The van der Waals surface area contributed by atoms with Crippen LogP contribution in [0.1, 0.15) is 24.5 Å². The molecule has 3 aliphatic carbocycles. The summed E-state index contributed by atoms with van der Waals surface area (Å²) in [4.78, 5) is 27.8. The fourth-order valence-corrected chi connectivity index (χ4v) is 5.97. The molecule has 8 N–H and O–H groups in total. The first-order valence-electron chi connectivity index (χ1n) is 10.1. The van der Waals surface area contributed by atoms with Crippen molar-refractivity contribution in [2.45, 2.75) is 30.6 Å². The average Bonchev–Trinajstić information content (AvgIpc) is 2.69. The summed E-state index contributed by atoms with van der Waals surface area (Å²) in [5.74, 6) is -6.47. The number of nitrogens with zero attached hydrogens (tertiary/aromatic N) is 1. The van der Waals surface area contributed by atoms with Gasteiger partial charge in [0.25, 0.3) is 0 Å². The van der Waals surface area contributed by atoms with E-state index in [1.807, 2.05) is 0 Å². The molecular weight excluding hydrogens is 454 g/mol. The first-order valence-corrected chi connectivity index (χ1v) is 10.5. The third-order valence-electron chi connectivity index (χ3n) is 7.12. The minimum Gasteiger partial charge on any atom is -0.507 e. The van der Waals surface area contributed by atoms with E-state index in [2.05, 4.69) is 0 Å². The summed E-state index contributed by atoms with van der Waals surface area (Å²) in [6.45, 7) is 1.39. The molecule has 0 saturated heterocycles. The van der Waals surface area contributed by atoms with Crippen molar-refractivity contribution < 1.29 is 35.1 Å². The molecule has 2 fully saturated rings. The molecule has 0 aromatic heterocycles. The quantitative estimate of drug-likeness (QED) is 0.174. The lowest BCUT2D eigenvalue weighted by Crippen LogP contribution is -2.70. The predicted octanol–water partition coefficient (Wildman–Crippen LogP) is 0.733.